The molecule has 0 saturated carbocycles. The van der Waals surface area contributed by atoms with E-state index in [0.29, 0.717) is 6.42 Å². The Morgan fingerprint density at radius 1 is 1.33 bits per heavy atom. The molecular weight excluding hydrogens is 243 g/mol. The molecule has 5 heteroatoms. The van der Waals surface area contributed by atoms with E-state index in [-0.39, 0.29) is 6.04 Å². The molecule has 1 amide bonds. The number of rotatable bonds is 4. The lowest BCUT2D eigenvalue weighted by Gasteiger charge is -2.16. The molecule has 0 aliphatic rings. The summed E-state index contributed by atoms with van der Waals surface area (Å²) in [6.07, 6.45) is -5.35. The second-order valence-corrected chi connectivity index (χ2v) is 4.39. The minimum Gasteiger partial charge on any atom is -0.353 e. The minimum atomic E-state index is -4.45. The number of hydrogen-bond acceptors (Lipinski definition) is 1. The molecule has 0 aromatic heterocycles. The van der Waals surface area contributed by atoms with Gasteiger partial charge in [0.05, 0.1) is 0 Å². The van der Waals surface area contributed by atoms with Gasteiger partial charge in [-0.15, -0.1) is 0 Å². The number of amides is 1. The van der Waals surface area contributed by atoms with Crippen LogP contribution in [-0.2, 0) is 11.2 Å². The number of aryl methyl sites for hydroxylation is 1. The predicted molar refractivity (Wildman–Crippen MR) is 63.2 cm³/mol. The average molecular weight is 259 g/mol. The van der Waals surface area contributed by atoms with Crippen molar-refractivity contribution >= 4 is 5.91 Å². The molecule has 0 saturated heterocycles. The zero-order chi connectivity index (χ0) is 13.8. The molecule has 0 heterocycles. The Morgan fingerprint density at radius 2 is 1.94 bits per heavy atom. The largest absolute Gasteiger partial charge is 0.397 e. The SMILES string of the molecule is Cc1ccccc1CC(C)NC(=O)CC(F)(F)F. The Kier molecular flexibility index (Phi) is 4.76. The van der Waals surface area contributed by atoms with Gasteiger partial charge in [-0.1, -0.05) is 24.3 Å². The van der Waals surface area contributed by atoms with Crippen LogP contribution in [0.25, 0.3) is 0 Å². The van der Waals surface area contributed by atoms with Gasteiger partial charge in [-0.2, -0.15) is 13.2 Å². The highest BCUT2D eigenvalue weighted by molar-refractivity contribution is 5.76. The van der Waals surface area contributed by atoms with Gasteiger partial charge in [0, 0.05) is 6.04 Å². The first-order valence-corrected chi connectivity index (χ1v) is 5.68. The van der Waals surface area contributed by atoms with Crippen LogP contribution in [0.3, 0.4) is 0 Å². The molecule has 0 aliphatic heterocycles. The Labute approximate surface area is 104 Å². The van der Waals surface area contributed by atoms with E-state index in [4.69, 9.17) is 0 Å². The molecule has 1 aromatic rings. The summed E-state index contributed by atoms with van der Waals surface area (Å²) in [5.41, 5.74) is 2.09. The van der Waals surface area contributed by atoms with Crippen LogP contribution in [0, 0.1) is 6.92 Å². The van der Waals surface area contributed by atoms with E-state index in [2.05, 4.69) is 5.32 Å². The van der Waals surface area contributed by atoms with Crippen LogP contribution in [0.4, 0.5) is 13.2 Å². The van der Waals surface area contributed by atoms with Crippen molar-refractivity contribution in [2.75, 3.05) is 0 Å². The van der Waals surface area contributed by atoms with E-state index < -0.39 is 18.5 Å². The third kappa shape index (κ3) is 5.21. The topological polar surface area (TPSA) is 29.1 Å². The molecule has 1 unspecified atom stereocenters. The number of alkyl halides is 3. The maximum absolute atomic E-state index is 12.0. The molecular formula is C13H16F3NO. The smallest absolute Gasteiger partial charge is 0.353 e. The minimum absolute atomic E-state index is 0.319. The molecule has 1 N–H and O–H groups in total. The monoisotopic (exact) mass is 259 g/mol. The summed E-state index contributed by atoms with van der Waals surface area (Å²) in [5.74, 6) is -0.983. The maximum Gasteiger partial charge on any atom is 0.397 e. The molecule has 1 aromatic carbocycles. The summed E-state index contributed by atoms with van der Waals surface area (Å²) < 4.78 is 36.0. The summed E-state index contributed by atoms with van der Waals surface area (Å²) in [7, 11) is 0. The highest BCUT2D eigenvalue weighted by atomic mass is 19.4. The van der Waals surface area contributed by atoms with Gasteiger partial charge < -0.3 is 5.32 Å². The Bertz CT molecular complexity index is 415. The van der Waals surface area contributed by atoms with Gasteiger partial charge in [0.15, 0.2) is 0 Å². The molecule has 100 valence electrons. The summed E-state index contributed by atoms with van der Waals surface area (Å²) in [6.45, 7) is 3.63. The van der Waals surface area contributed by atoms with Gasteiger partial charge in [-0.05, 0) is 31.4 Å². The predicted octanol–water partition coefficient (Wildman–Crippen LogP) is 2.99. The van der Waals surface area contributed by atoms with Crippen molar-refractivity contribution in [2.45, 2.75) is 38.9 Å². The summed E-state index contributed by atoms with van der Waals surface area (Å²) in [5, 5.41) is 2.35. The van der Waals surface area contributed by atoms with E-state index in [1.54, 1.807) is 6.92 Å². The molecule has 0 aliphatic carbocycles. The van der Waals surface area contributed by atoms with Gasteiger partial charge in [0.1, 0.15) is 6.42 Å². The normalized spacial score (nSPS) is 13.2. The number of carbonyl (C=O) groups is 1. The Hall–Kier alpha value is -1.52. The zero-order valence-electron chi connectivity index (χ0n) is 10.3. The molecule has 18 heavy (non-hydrogen) atoms. The van der Waals surface area contributed by atoms with E-state index in [1.165, 1.54) is 0 Å². The number of carbonyl (C=O) groups excluding carboxylic acids is 1. The second kappa shape index (κ2) is 5.89. The van der Waals surface area contributed by atoms with Crippen LogP contribution in [0.5, 0.6) is 0 Å². The lowest BCUT2D eigenvalue weighted by Crippen LogP contribution is -2.36. The molecule has 0 radical (unpaired) electrons. The first-order valence-electron chi connectivity index (χ1n) is 5.68. The van der Waals surface area contributed by atoms with Gasteiger partial charge >= 0.3 is 6.18 Å². The van der Waals surface area contributed by atoms with Crippen molar-refractivity contribution in [1.29, 1.82) is 0 Å². The van der Waals surface area contributed by atoms with Crippen molar-refractivity contribution in [3.63, 3.8) is 0 Å². The first kappa shape index (κ1) is 14.5. The van der Waals surface area contributed by atoms with Crippen LogP contribution in [0.1, 0.15) is 24.5 Å². The summed E-state index contributed by atoms with van der Waals surface area (Å²) in [6, 6.07) is 7.28. The van der Waals surface area contributed by atoms with Crippen molar-refractivity contribution in [1.82, 2.24) is 5.32 Å². The molecule has 1 atom stereocenters. The Morgan fingerprint density at radius 3 is 2.50 bits per heavy atom. The van der Waals surface area contributed by atoms with Crippen LogP contribution in [-0.4, -0.2) is 18.1 Å². The Balaban J connectivity index is 2.50. The fourth-order valence-electron chi connectivity index (χ4n) is 1.73. The van der Waals surface area contributed by atoms with E-state index >= 15 is 0 Å². The van der Waals surface area contributed by atoms with Crippen molar-refractivity contribution in [2.24, 2.45) is 0 Å². The molecule has 0 bridgehead atoms. The lowest BCUT2D eigenvalue weighted by atomic mass is 10.0. The van der Waals surface area contributed by atoms with Gasteiger partial charge in [-0.3, -0.25) is 4.79 Å². The van der Waals surface area contributed by atoms with Gasteiger partial charge in [0.2, 0.25) is 5.91 Å². The summed E-state index contributed by atoms with van der Waals surface area (Å²) in [4.78, 5) is 11.1. The zero-order valence-corrected chi connectivity index (χ0v) is 10.3. The van der Waals surface area contributed by atoms with E-state index in [1.807, 2.05) is 31.2 Å². The fraction of sp³-hybridized carbons (Fsp3) is 0.462. The van der Waals surface area contributed by atoms with Crippen LogP contribution < -0.4 is 5.32 Å². The van der Waals surface area contributed by atoms with Crippen LogP contribution in [0.15, 0.2) is 24.3 Å². The molecule has 1 rings (SSSR count). The number of benzene rings is 1. The number of halogens is 3. The molecule has 2 nitrogen and oxygen atoms in total. The second-order valence-electron chi connectivity index (χ2n) is 4.39. The third-order valence-electron chi connectivity index (χ3n) is 2.56. The van der Waals surface area contributed by atoms with Gasteiger partial charge in [0.25, 0.3) is 0 Å². The molecule has 0 spiro atoms. The quantitative estimate of drug-likeness (QED) is 0.884. The highest BCUT2D eigenvalue weighted by Gasteiger charge is 2.31. The number of nitrogens with one attached hydrogen (secondary N) is 1. The van der Waals surface area contributed by atoms with Gasteiger partial charge in [-0.25, -0.2) is 0 Å². The van der Waals surface area contributed by atoms with E-state index in [9.17, 15) is 18.0 Å². The molecule has 0 fully saturated rings. The third-order valence-corrected chi connectivity index (χ3v) is 2.56. The maximum atomic E-state index is 12.0. The van der Waals surface area contributed by atoms with Crippen LogP contribution in [0.2, 0.25) is 0 Å². The van der Waals surface area contributed by atoms with E-state index in [0.717, 1.165) is 11.1 Å². The average Bonchev–Trinajstić information content (AvgIpc) is 2.18. The first-order chi connectivity index (χ1) is 8.28. The highest BCUT2D eigenvalue weighted by Crippen LogP contribution is 2.19. The fourth-order valence-corrected chi connectivity index (χ4v) is 1.73. The van der Waals surface area contributed by atoms with Crippen molar-refractivity contribution in [3.05, 3.63) is 35.4 Å². The lowest BCUT2D eigenvalue weighted by molar-refractivity contribution is -0.154. The number of hydrogen-bond donors (Lipinski definition) is 1. The summed E-state index contributed by atoms with van der Waals surface area (Å²) >= 11 is 0. The standard InChI is InChI=1S/C13H16F3NO/c1-9-5-3-4-6-11(9)7-10(2)17-12(18)8-13(14,15)16/h3-6,10H,7-8H2,1-2H3,(H,17,18). The van der Waals surface area contributed by atoms with Crippen LogP contribution >= 0.6 is 0 Å². The van der Waals surface area contributed by atoms with Crippen molar-refractivity contribution in [3.8, 4) is 0 Å². The van der Waals surface area contributed by atoms with Crippen molar-refractivity contribution < 1.29 is 18.0 Å².